The summed E-state index contributed by atoms with van der Waals surface area (Å²) in [5.74, 6) is -3.76. The van der Waals surface area contributed by atoms with Gasteiger partial charge in [0.15, 0.2) is 11.6 Å². The Labute approximate surface area is 153 Å². The molecular formula is C20H15F3N2O2. The van der Waals surface area contributed by atoms with Crippen LogP contribution in [0.3, 0.4) is 0 Å². The van der Waals surface area contributed by atoms with E-state index >= 15 is 0 Å². The van der Waals surface area contributed by atoms with Gasteiger partial charge >= 0.3 is 0 Å². The van der Waals surface area contributed by atoms with E-state index in [9.17, 15) is 23.1 Å². The van der Waals surface area contributed by atoms with Gasteiger partial charge in [0.05, 0.1) is 6.04 Å². The van der Waals surface area contributed by atoms with Crippen molar-refractivity contribution in [2.75, 3.05) is 0 Å². The Hall–Kier alpha value is -3.35. The van der Waals surface area contributed by atoms with Crippen LogP contribution in [-0.2, 0) is 0 Å². The van der Waals surface area contributed by atoms with Crippen LogP contribution < -0.4 is 5.32 Å². The molecule has 7 heteroatoms. The van der Waals surface area contributed by atoms with E-state index in [1.807, 2.05) is 0 Å². The van der Waals surface area contributed by atoms with Gasteiger partial charge in [0.25, 0.3) is 5.91 Å². The van der Waals surface area contributed by atoms with Gasteiger partial charge in [0.2, 0.25) is 0 Å². The largest absolute Gasteiger partial charge is 0.508 e. The molecule has 1 atom stereocenters. The molecule has 1 unspecified atom stereocenters. The van der Waals surface area contributed by atoms with Gasteiger partial charge in [-0.2, -0.15) is 0 Å². The second-order valence-electron chi connectivity index (χ2n) is 6.00. The molecule has 2 N–H and O–H groups in total. The maximum absolute atomic E-state index is 13.7. The number of nitrogens with zero attached hydrogens (tertiary/aromatic N) is 1. The number of hydrogen-bond acceptors (Lipinski definition) is 3. The zero-order valence-corrected chi connectivity index (χ0v) is 14.2. The first kappa shape index (κ1) is 18.4. The summed E-state index contributed by atoms with van der Waals surface area (Å²) >= 11 is 0. The van der Waals surface area contributed by atoms with Crippen LogP contribution in [0.4, 0.5) is 13.2 Å². The molecule has 0 saturated carbocycles. The normalized spacial score (nSPS) is 11.9. The van der Waals surface area contributed by atoms with Crippen molar-refractivity contribution in [3.63, 3.8) is 0 Å². The van der Waals surface area contributed by atoms with Crippen LogP contribution in [0.15, 0.2) is 54.7 Å². The molecule has 0 bridgehead atoms. The van der Waals surface area contributed by atoms with Gasteiger partial charge in [-0.25, -0.2) is 13.2 Å². The molecule has 0 aliphatic rings. The second kappa shape index (κ2) is 7.49. The molecule has 27 heavy (non-hydrogen) atoms. The lowest BCUT2D eigenvalue weighted by Crippen LogP contribution is -2.30. The van der Waals surface area contributed by atoms with Crippen LogP contribution in [0.1, 0.15) is 33.2 Å². The van der Waals surface area contributed by atoms with Gasteiger partial charge in [-0.05, 0) is 60.5 Å². The minimum atomic E-state index is -1.13. The number of amides is 1. The number of benzene rings is 2. The first-order valence-electron chi connectivity index (χ1n) is 8.02. The van der Waals surface area contributed by atoms with E-state index in [2.05, 4.69) is 10.3 Å². The minimum Gasteiger partial charge on any atom is -0.508 e. The number of rotatable bonds is 4. The van der Waals surface area contributed by atoms with Crippen LogP contribution in [0.5, 0.6) is 5.75 Å². The molecule has 4 nitrogen and oxygen atoms in total. The van der Waals surface area contributed by atoms with Crippen LogP contribution in [0.2, 0.25) is 0 Å². The average Bonchev–Trinajstić information content (AvgIpc) is 2.64. The van der Waals surface area contributed by atoms with Crippen molar-refractivity contribution >= 4 is 5.91 Å². The van der Waals surface area contributed by atoms with E-state index in [1.165, 1.54) is 12.3 Å². The van der Waals surface area contributed by atoms with Crippen molar-refractivity contribution in [1.29, 1.82) is 0 Å². The summed E-state index contributed by atoms with van der Waals surface area (Å²) in [6, 6.07) is 8.35. The van der Waals surface area contributed by atoms with E-state index in [1.54, 1.807) is 19.1 Å². The van der Waals surface area contributed by atoms with E-state index in [-0.39, 0.29) is 22.6 Å². The number of phenols is 1. The highest BCUT2D eigenvalue weighted by Gasteiger charge is 2.23. The van der Waals surface area contributed by atoms with Crippen molar-refractivity contribution in [2.24, 2.45) is 0 Å². The van der Waals surface area contributed by atoms with Gasteiger partial charge in [0, 0.05) is 11.8 Å². The number of aryl methyl sites for hydroxylation is 1. The molecule has 3 aromatic rings. The summed E-state index contributed by atoms with van der Waals surface area (Å²) < 4.78 is 40.7. The Kier molecular flexibility index (Phi) is 5.12. The van der Waals surface area contributed by atoms with E-state index < -0.39 is 29.4 Å². The Balaban J connectivity index is 2.05. The Bertz CT molecular complexity index is 1010. The van der Waals surface area contributed by atoms with Crippen LogP contribution in [0, 0.1) is 24.4 Å². The fourth-order valence-electron chi connectivity index (χ4n) is 2.65. The highest BCUT2D eigenvalue weighted by Crippen LogP contribution is 2.31. The lowest BCUT2D eigenvalue weighted by Gasteiger charge is -2.21. The van der Waals surface area contributed by atoms with E-state index in [0.717, 1.165) is 35.9 Å². The number of nitrogens with one attached hydrogen (secondary N) is 1. The zero-order chi connectivity index (χ0) is 19.6. The third kappa shape index (κ3) is 4.08. The molecule has 0 saturated heterocycles. The number of carbonyl (C=O) groups excluding carboxylic acids is 1. The molecule has 1 amide bonds. The predicted molar refractivity (Wildman–Crippen MR) is 92.7 cm³/mol. The number of aromatic nitrogens is 1. The summed E-state index contributed by atoms with van der Waals surface area (Å²) in [6.45, 7) is 1.78. The van der Waals surface area contributed by atoms with Crippen molar-refractivity contribution in [1.82, 2.24) is 10.3 Å². The summed E-state index contributed by atoms with van der Waals surface area (Å²) in [7, 11) is 0. The molecule has 138 valence electrons. The third-order valence-corrected chi connectivity index (χ3v) is 4.00. The molecule has 1 aromatic heterocycles. The molecule has 0 radical (unpaired) electrons. The Morgan fingerprint density at radius 3 is 2.52 bits per heavy atom. The number of halogens is 3. The fourth-order valence-corrected chi connectivity index (χ4v) is 2.65. The fraction of sp³-hybridized carbons (Fsp3) is 0.100. The number of aromatic hydroxyl groups is 1. The number of carbonyl (C=O) groups is 1. The van der Waals surface area contributed by atoms with Crippen LogP contribution in [0.25, 0.3) is 0 Å². The van der Waals surface area contributed by atoms with Gasteiger partial charge in [-0.15, -0.1) is 0 Å². The zero-order valence-electron chi connectivity index (χ0n) is 14.2. The monoisotopic (exact) mass is 372 g/mol. The summed E-state index contributed by atoms with van der Waals surface area (Å²) in [5, 5.41) is 12.7. The molecule has 0 aliphatic carbocycles. The number of pyridine rings is 1. The highest BCUT2D eigenvalue weighted by molar-refractivity contribution is 5.93. The Morgan fingerprint density at radius 2 is 1.81 bits per heavy atom. The summed E-state index contributed by atoms with van der Waals surface area (Å²) in [6.07, 6.45) is 1.45. The lowest BCUT2D eigenvalue weighted by molar-refractivity contribution is 0.0937. The third-order valence-electron chi connectivity index (χ3n) is 4.00. The van der Waals surface area contributed by atoms with Crippen LogP contribution in [-0.4, -0.2) is 16.0 Å². The molecule has 0 fully saturated rings. The minimum absolute atomic E-state index is 0.00186. The summed E-state index contributed by atoms with van der Waals surface area (Å²) in [5.41, 5.74) is 1.03. The molecule has 3 rings (SSSR count). The van der Waals surface area contributed by atoms with E-state index in [4.69, 9.17) is 0 Å². The maximum atomic E-state index is 13.7. The van der Waals surface area contributed by atoms with Crippen molar-refractivity contribution in [3.8, 4) is 5.75 Å². The van der Waals surface area contributed by atoms with Crippen molar-refractivity contribution in [2.45, 2.75) is 13.0 Å². The standard InChI is InChI=1S/C20H15F3N2O2/c1-11-6-7-24-17(8-11)20(27)25-19(12-2-4-15(22)16(23)9-12)14-10-13(21)3-5-18(14)26/h2-10,19,26H,1H3,(H,25,27). The molecule has 2 aromatic carbocycles. The topological polar surface area (TPSA) is 62.2 Å². The number of hydrogen-bond donors (Lipinski definition) is 2. The first-order valence-corrected chi connectivity index (χ1v) is 8.02. The van der Waals surface area contributed by atoms with E-state index in [0.29, 0.717) is 0 Å². The molecular weight excluding hydrogens is 357 g/mol. The molecule has 0 aliphatic heterocycles. The molecule has 1 heterocycles. The van der Waals surface area contributed by atoms with Crippen LogP contribution >= 0.6 is 0 Å². The Morgan fingerprint density at radius 1 is 1.04 bits per heavy atom. The van der Waals surface area contributed by atoms with Gasteiger partial charge < -0.3 is 10.4 Å². The first-order chi connectivity index (χ1) is 12.8. The summed E-state index contributed by atoms with van der Waals surface area (Å²) in [4.78, 5) is 16.6. The average molecular weight is 372 g/mol. The highest BCUT2D eigenvalue weighted by atomic mass is 19.2. The number of phenolic OH excluding ortho intramolecular Hbond substituents is 1. The molecule has 0 spiro atoms. The van der Waals surface area contributed by atoms with Gasteiger partial charge in [-0.3, -0.25) is 9.78 Å². The van der Waals surface area contributed by atoms with Gasteiger partial charge in [-0.1, -0.05) is 6.07 Å². The quantitative estimate of drug-likeness (QED) is 0.727. The van der Waals surface area contributed by atoms with Gasteiger partial charge in [0.1, 0.15) is 17.3 Å². The predicted octanol–water partition coefficient (Wildman–Crippen LogP) is 4.03. The maximum Gasteiger partial charge on any atom is 0.270 e. The smallest absolute Gasteiger partial charge is 0.270 e. The lowest BCUT2D eigenvalue weighted by atomic mass is 9.97. The van der Waals surface area contributed by atoms with Crippen molar-refractivity contribution in [3.05, 3.63) is 94.6 Å². The SMILES string of the molecule is Cc1ccnc(C(=O)NC(c2ccc(F)c(F)c2)c2cc(F)ccc2O)c1. The second-order valence-corrected chi connectivity index (χ2v) is 6.00. The van der Waals surface area contributed by atoms with Crippen molar-refractivity contribution < 1.29 is 23.1 Å².